The van der Waals surface area contributed by atoms with Crippen LogP contribution in [0.25, 0.3) is 0 Å². The molecule has 0 spiro atoms. The summed E-state index contributed by atoms with van der Waals surface area (Å²) in [4.78, 5) is 34.4. The molecule has 2 aliphatic carbocycles. The van der Waals surface area contributed by atoms with Gasteiger partial charge < -0.3 is 15.4 Å². The van der Waals surface area contributed by atoms with Gasteiger partial charge in [0.15, 0.2) is 5.96 Å². The van der Waals surface area contributed by atoms with E-state index in [-0.39, 0.29) is 53.2 Å². The second kappa shape index (κ2) is 9.14. The van der Waals surface area contributed by atoms with Crippen molar-refractivity contribution in [2.24, 2.45) is 28.7 Å². The Bertz CT molecular complexity index is 755. The number of allylic oxidation sites excluding steroid dienone is 2. The Balaban J connectivity index is 1.31. The summed E-state index contributed by atoms with van der Waals surface area (Å²) in [6.07, 6.45) is 5.66. The van der Waals surface area contributed by atoms with Crippen LogP contribution in [0.3, 0.4) is 0 Å². The van der Waals surface area contributed by atoms with Crippen LogP contribution in [0.15, 0.2) is 17.1 Å². The number of carbonyl (C=O) groups is 2. The van der Waals surface area contributed by atoms with E-state index < -0.39 is 0 Å². The number of carbonyl (C=O) groups excluding carboxylic acids is 2. The molecule has 6 unspecified atom stereocenters. The van der Waals surface area contributed by atoms with Crippen LogP contribution in [0.2, 0.25) is 0 Å². The fraction of sp³-hybridized carbons (Fsp3) is 0.792. The lowest BCUT2D eigenvalue weighted by molar-refractivity contribution is -0.140. The van der Waals surface area contributed by atoms with E-state index in [0.717, 1.165) is 32.0 Å². The van der Waals surface area contributed by atoms with Crippen LogP contribution in [-0.4, -0.2) is 84.6 Å². The SMILES string of the molecule is CCNC(=NCC(C)(C)N1CC(C)OC(C)C1)NCCN1C(=O)C2C3C=CC(C3)C2C1=O. The number of morpholine rings is 1. The normalized spacial score (nSPS) is 35.0. The number of nitrogens with zero attached hydrogens (tertiary/aromatic N) is 3. The van der Waals surface area contributed by atoms with Crippen molar-refractivity contribution < 1.29 is 14.3 Å². The number of hydrogen-bond donors (Lipinski definition) is 2. The van der Waals surface area contributed by atoms with E-state index in [1.54, 1.807) is 0 Å². The Morgan fingerprint density at radius 1 is 1.09 bits per heavy atom. The average Bonchev–Trinajstić information content (AvgIpc) is 3.41. The zero-order valence-electron chi connectivity index (χ0n) is 20.1. The maximum Gasteiger partial charge on any atom is 0.233 e. The molecular weight excluding hydrogens is 406 g/mol. The first kappa shape index (κ1) is 23.2. The largest absolute Gasteiger partial charge is 0.373 e. The molecule has 0 aromatic rings. The fourth-order valence-electron chi connectivity index (χ4n) is 5.86. The second-order valence-corrected chi connectivity index (χ2v) is 10.4. The van der Waals surface area contributed by atoms with Crippen molar-refractivity contribution in [2.75, 3.05) is 39.3 Å². The minimum atomic E-state index is -0.126. The predicted molar refractivity (Wildman–Crippen MR) is 124 cm³/mol. The summed E-state index contributed by atoms with van der Waals surface area (Å²) in [5.74, 6) is 1.000. The number of guanidine groups is 1. The number of imide groups is 1. The van der Waals surface area contributed by atoms with Gasteiger partial charge in [-0.1, -0.05) is 12.2 Å². The Labute approximate surface area is 191 Å². The molecule has 4 rings (SSSR count). The summed E-state index contributed by atoms with van der Waals surface area (Å²) in [5, 5.41) is 6.60. The molecule has 0 radical (unpaired) electrons. The monoisotopic (exact) mass is 445 g/mol. The first-order chi connectivity index (χ1) is 15.2. The predicted octanol–water partition coefficient (Wildman–Crippen LogP) is 1.24. The maximum atomic E-state index is 12.9. The molecule has 2 bridgehead atoms. The number of amides is 2. The molecule has 8 heteroatoms. The smallest absolute Gasteiger partial charge is 0.233 e. The highest BCUT2D eigenvalue weighted by molar-refractivity contribution is 6.06. The number of ether oxygens (including phenoxy) is 1. The number of hydrogen-bond acceptors (Lipinski definition) is 5. The second-order valence-electron chi connectivity index (χ2n) is 10.4. The van der Waals surface area contributed by atoms with Crippen molar-refractivity contribution in [2.45, 2.75) is 58.8 Å². The van der Waals surface area contributed by atoms with Gasteiger partial charge in [-0.05, 0) is 52.9 Å². The highest BCUT2D eigenvalue weighted by Crippen LogP contribution is 2.52. The van der Waals surface area contributed by atoms with Crippen LogP contribution in [0.1, 0.15) is 41.0 Å². The number of rotatable bonds is 7. The van der Waals surface area contributed by atoms with Crippen LogP contribution in [0, 0.1) is 23.7 Å². The van der Waals surface area contributed by atoms with E-state index in [1.807, 2.05) is 6.92 Å². The van der Waals surface area contributed by atoms with Crippen LogP contribution >= 0.6 is 0 Å². The van der Waals surface area contributed by atoms with Gasteiger partial charge in [0.05, 0.1) is 30.6 Å². The molecular formula is C24H39N5O3. The van der Waals surface area contributed by atoms with Crippen molar-refractivity contribution >= 4 is 17.8 Å². The third-order valence-electron chi connectivity index (χ3n) is 7.43. The minimum Gasteiger partial charge on any atom is -0.373 e. The molecule has 178 valence electrons. The number of aliphatic imine (C=N–C) groups is 1. The van der Waals surface area contributed by atoms with Gasteiger partial charge in [0.25, 0.3) is 0 Å². The summed E-state index contributed by atoms with van der Waals surface area (Å²) < 4.78 is 5.87. The van der Waals surface area contributed by atoms with E-state index in [1.165, 1.54) is 4.90 Å². The van der Waals surface area contributed by atoms with E-state index in [4.69, 9.17) is 9.73 Å². The van der Waals surface area contributed by atoms with Gasteiger partial charge in [-0.2, -0.15) is 0 Å². The van der Waals surface area contributed by atoms with Gasteiger partial charge >= 0.3 is 0 Å². The van der Waals surface area contributed by atoms with Crippen LogP contribution in [-0.2, 0) is 14.3 Å². The molecule has 2 N–H and O–H groups in total. The number of nitrogens with one attached hydrogen (secondary N) is 2. The zero-order chi connectivity index (χ0) is 23.0. The van der Waals surface area contributed by atoms with E-state index in [0.29, 0.717) is 19.6 Å². The molecule has 2 aliphatic heterocycles. The van der Waals surface area contributed by atoms with Crippen molar-refractivity contribution in [1.82, 2.24) is 20.4 Å². The molecule has 3 fully saturated rings. The van der Waals surface area contributed by atoms with Crippen molar-refractivity contribution in [3.05, 3.63) is 12.2 Å². The molecule has 32 heavy (non-hydrogen) atoms. The Hall–Kier alpha value is -1.93. The number of likely N-dealkylation sites (tertiary alicyclic amines) is 1. The summed E-state index contributed by atoms with van der Waals surface area (Å²) in [6.45, 7) is 14.8. The lowest BCUT2D eigenvalue weighted by Crippen LogP contribution is -2.56. The highest BCUT2D eigenvalue weighted by atomic mass is 16.5. The van der Waals surface area contributed by atoms with Crippen LogP contribution in [0.5, 0.6) is 0 Å². The van der Waals surface area contributed by atoms with Crippen molar-refractivity contribution in [3.8, 4) is 0 Å². The summed E-state index contributed by atoms with van der Waals surface area (Å²) in [5.41, 5.74) is -0.0980. The molecule has 2 heterocycles. The lowest BCUT2D eigenvalue weighted by Gasteiger charge is -2.44. The minimum absolute atomic E-state index is 0.0114. The van der Waals surface area contributed by atoms with Gasteiger partial charge in [0.2, 0.25) is 11.8 Å². The summed E-state index contributed by atoms with van der Waals surface area (Å²) in [6, 6.07) is 0. The quantitative estimate of drug-likeness (QED) is 0.265. The Morgan fingerprint density at radius 3 is 2.25 bits per heavy atom. The van der Waals surface area contributed by atoms with Crippen molar-refractivity contribution in [3.63, 3.8) is 0 Å². The third-order valence-corrected chi connectivity index (χ3v) is 7.43. The van der Waals surface area contributed by atoms with Crippen LogP contribution < -0.4 is 10.6 Å². The lowest BCUT2D eigenvalue weighted by atomic mass is 9.85. The molecule has 2 amide bonds. The molecule has 0 aromatic carbocycles. The molecule has 4 aliphatic rings. The number of fused-ring (bicyclic) bond motifs is 5. The van der Waals surface area contributed by atoms with Crippen LogP contribution in [0.4, 0.5) is 0 Å². The third kappa shape index (κ3) is 4.44. The molecule has 6 atom stereocenters. The Kier molecular flexibility index (Phi) is 6.63. The first-order valence-electron chi connectivity index (χ1n) is 12.2. The van der Waals surface area contributed by atoms with E-state index in [2.05, 4.69) is 55.4 Å². The van der Waals surface area contributed by atoms with Crippen molar-refractivity contribution in [1.29, 1.82) is 0 Å². The van der Waals surface area contributed by atoms with E-state index in [9.17, 15) is 9.59 Å². The molecule has 2 saturated heterocycles. The highest BCUT2D eigenvalue weighted by Gasteiger charge is 2.58. The zero-order valence-corrected chi connectivity index (χ0v) is 20.1. The fourth-order valence-corrected chi connectivity index (χ4v) is 5.86. The van der Waals surface area contributed by atoms with Gasteiger partial charge in [-0.3, -0.25) is 24.4 Å². The van der Waals surface area contributed by atoms with Gasteiger partial charge in [-0.25, -0.2) is 0 Å². The molecule has 1 saturated carbocycles. The standard InChI is InChI=1S/C24H39N5O3/c1-6-25-23(27-14-24(4,5)28-12-15(2)32-16(3)13-28)26-9-10-29-21(30)19-17-7-8-18(11-17)20(19)22(29)31/h7-8,15-20H,6,9-14H2,1-5H3,(H2,25,26,27). The Morgan fingerprint density at radius 2 is 1.69 bits per heavy atom. The van der Waals surface area contributed by atoms with E-state index >= 15 is 0 Å². The topological polar surface area (TPSA) is 86.3 Å². The molecule has 0 aromatic heterocycles. The summed E-state index contributed by atoms with van der Waals surface area (Å²) in [7, 11) is 0. The summed E-state index contributed by atoms with van der Waals surface area (Å²) >= 11 is 0. The molecule has 8 nitrogen and oxygen atoms in total. The van der Waals surface area contributed by atoms with Gasteiger partial charge in [-0.15, -0.1) is 0 Å². The maximum absolute atomic E-state index is 12.9. The van der Waals surface area contributed by atoms with Gasteiger partial charge in [0.1, 0.15) is 0 Å². The average molecular weight is 446 g/mol. The van der Waals surface area contributed by atoms with Gasteiger partial charge in [0, 0.05) is 38.3 Å². The first-order valence-corrected chi connectivity index (χ1v) is 12.2.